The van der Waals surface area contributed by atoms with E-state index in [0.29, 0.717) is 18.2 Å². The van der Waals surface area contributed by atoms with Crippen molar-refractivity contribution in [1.29, 1.82) is 0 Å². The number of hydrogen-bond donors (Lipinski definition) is 2. The third-order valence-electron chi connectivity index (χ3n) is 2.52. The first-order valence-corrected chi connectivity index (χ1v) is 4.92. The lowest BCUT2D eigenvalue weighted by molar-refractivity contribution is 0.276. The van der Waals surface area contributed by atoms with E-state index in [2.05, 4.69) is 24.2 Å². The molecule has 0 spiro atoms. The van der Waals surface area contributed by atoms with Gasteiger partial charge < -0.3 is 10.8 Å². The summed E-state index contributed by atoms with van der Waals surface area (Å²) in [6.07, 6.45) is 2.78. The van der Waals surface area contributed by atoms with Gasteiger partial charge in [-0.2, -0.15) is 0 Å². The topological polar surface area (TPSA) is 77.0 Å². The van der Waals surface area contributed by atoms with Gasteiger partial charge in [-0.05, 0) is 5.92 Å². The van der Waals surface area contributed by atoms with Crippen molar-refractivity contribution < 1.29 is 5.11 Å². The van der Waals surface area contributed by atoms with Crippen molar-refractivity contribution in [2.75, 3.05) is 0 Å². The molecule has 14 heavy (non-hydrogen) atoms. The minimum atomic E-state index is -0.0709. The van der Waals surface area contributed by atoms with Crippen LogP contribution in [-0.4, -0.2) is 26.1 Å². The van der Waals surface area contributed by atoms with Gasteiger partial charge in [0.2, 0.25) is 0 Å². The Bertz CT molecular complexity index is 274. The maximum Gasteiger partial charge on any atom is 0.108 e. The number of aliphatic hydroxyl groups is 1. The molecule has 3 N–H and O–H groups in total. The summed E-state index contributed by atoms with van der Waals surface area (Å²) < 4.78 is 1.68. The minimum absolute atomic E-state index is 0.0709. The Balaban J connectivity index is 2.51. The maximum atomic E-state index is 8.79. The maximum absolute atomic E-state index is 8.79. The molecule has 80 valence electrons. The number of rotatable bonds is 5. The lowest BCUT2D eigenvalue weighted by atomic mass is 10.0. The van der Waals surface area contributed by atoms with Crippen LogP contribution in [-0.2, 0) is 13.2 Å². The number of hydrogen-bond acceptors (Lipinski definition) is 4. The van der Waals surface area contributed by atoms with Gasteiger partial charge in [0, 0.05) is 6.04 Å². The molecule has 1 aromatic rings. The van der Waals surface area contributed by atoms with Crippen LogP contribution in [0.5, 0.6) is 0 Å². The molecule has 1 aromatic heterocycles. The average molecular weight is 198 g/mol. The Kier molecular flexibility index (Phi) is 4.03. The Hall–Kier alpha value is -0.940. The van der Waals surface area contributed by atoms with E-state index in [1.807, 2.05) is 0 Å². The summed E-state index contributed by atoms with van der Waals surface area (Å²) in [7, 11) is 0. The number of nitrogens with two attached hydrogens (primary N) is 1. The summed E-state index contributed by atoms with van der Waals surface area (Å²) in [5, 5.41) is 16.4. The van der Waals surface area contributed by atoms with E-state index in [1.165, 1.54) is 0 Å². The van der Waals surface area contributed by atoms with Crippen LogP contribution in [0.4, 0.5) is 0 Å². The molecular weight excluding hydrogens is 180 g/mol. The molecule has 1 heterocycles. The van der Waals surface area contributed by atoms with Crippen LogP contribution >= 0.6 is 0 Å². The summed E-state index contributed by atoms with van der Waals surface area (Å²) in [4.78, 5) is 0. The van der Waals surface area contributed by atoms with Crippen LogP contribution < -0.4 is 5.73 Å². The minimum Gasteiger partial charge on any atom is -0.390 e. The molecule has 0 aliphatic heterocycles. The van der Waals surface area contributed by atoms with Crippen LogP contribution in [0.25, 0.3) is 0 Å². The lowest BCUT2D eigenvalue weighted by Gasteiger charge is -2.17. The Morgan fingerprint density at radius 3 is 2.86 bits per heavy atom. The second kappa shape index (κ2) is 5.07. The number of aromatic nitrogens is 3. The largest absolute Gasteiger partial charge is 0.390 e. The fraction of sp³-hybridized carbons (Fsp3) is 0.778. The second-order valence-corrected chi connectivity index (χ2v) is 3.64. The Morgan fingerprint density at radius 2 is 2.36 bits per heavy atom. The molecule has 0 amide bonds. The molecule has 0 unspecified atom stereocenters. The monoisotopic (exact) mass is 198 g/mol. The van der Waals surface area contributed by atoms with Gasteiger partial charge in [-0.25, -0.2) is 0 Å². The fourth-order valence-electron chi connectivity index (χ4n) is 1.20. The molecule has 1 rings (SSSR count). The van der Waals surface area contributed by atoms with Gasteiger partial charge in [0.05, 0.1) is 19.3 Å². The van der Waals surface area contributed by atoms with Crippen molar-refractivity contribution in [2.24, 2.45) is 11.7 Å². The van der Waals surface area contributed by atoms with Gasteiger partial charge in [-0.3, -0.25) is 4.68 Å². The van der Waals surface area contributed by atoms with Crippen LogP contribution in [0, 0.1) is 5.92 Å². The van der Waals surface area contributed by atoms with Gasteiger partial charge >= 0.3 is 0 Å². The van der Waals surface area contributed by atoms with E-state index in [0.717, 1.165) is 6.42 Å². The second-order valence-electron chi connectivity index (χ2n) is 3.64. The lowest BCUT2D eigenvalue weighted by Crippen LogP contribution is -2.32. The first-order valence-electron chi connectivity index (χ1n) is 4.92. The predicted molar refractivity (Wildman–Crippen MR) is 53.4 cm³/mol. The SMILES string of the molecule is CC[C@H](C)[C@@H](N)Cn1cc(CO)nn1. The van der Waals surface area contributed by atoms with Gasteiger partial charge in [0.25, 0.3) is 0 Å². The van der Waals surface area contributed by atoms with E-state index < -0.39 is 0 Å². The zero-order valence-corrected chi connectivity index (χ0v) is 8.72. The smallest absolute Gasteiger partial charge is 0.108 e. The third-order valence-corrected chi connectivity index (χ3v) is 2.52. The van der Waals surface area contributed by atoms with E-state index in [-0.39, 0.29) is 12.6 Å². The molecule has 0 saturated heterocycles. The summed E-state index contributed by atoms with van der Waals surface area (Å²) in [6, 6.07) is 0.0910. The zero-order valence-electron chi connectivity index (χ0n) is 8.72. The quantitative estimate of drug-likeness (QED) is 0.705. The summed E-state index contributed by atoms with van der Waals surface area (Å²) in [5.41, 5.74) is 6.54. The average Bonchev–Trinajstić information content (AvgIpc) is 2.64. The normalized spacial score (nSPS) is 15.4. The van der Waals surface area contributed by atoms with E-state index in [9.17, 15) is 0 Å². The highest BCUT2D eigenvalue weighted by Crippen LogP contribution is 2.07. The molecule has 0 fully saturated rings. The van der Waals surface area contributed by atoms with Crippen molar-refractivity contribution in [1.82, 2.24) is 15.0 Å². The molecule has 0 aromatic carbocycles. The Labute approximate surface area is 83.9 Å². The first kappa shape index (κ1) is 11.1. The molecule has 0 aliphatic carbocycles. The number of aliphatic hydroxyl groups excluding tert-OH is 1. The predicted octanol–water partition coefficient (Wildman–Crippen LogP) is 0.144. The van der Waals surface area contributed by atoms with Crippen LogP contribution in [0.15, 0.2) is 6.20 Å². The van der Waals surface area contributed by atoms with Gasteiger partial charge in [-0.1, -0.05) is 25.5 Å². The van der Waals surface area contributed by atoms with Gasteiger partial charge in [0.1, 0.15) is 5.69 Å². The summed E-state index contributed by atoms with van der Waals surface area (Å²) >= 11 is 0. The standard InChI is InChI=1S/C9H18N4O/c1-3-7(2)9(10)5-13-4-8(6-14)11-12-13/h4,7,9,14H,3,5-6,10H2,1-2H3/t7-,9-/m0/s1. The zero-order chi connectivity index (χ0) is 10.6. The molecule has 0 radical (unpaired) electrons. The van der Waals surface area contributed by atoms with Crippen molar-refractivity contribution in [3.05, 3.63) is 11.9 Å². The molecule has 5 nitrogen and oxygen atoms in total. The Morgan fingerprint density at radius 1 is 1.64 bits per heavy atom. The van der Waals surface area contributed by atoms with Crippen LogP contribution in [0.2, 0.25) is 0 Å². The highest BCUT2D eigenvalue weighted by molar-refractivity contribution is 4.89. The highest BCUT2D eigenvalue weighted by atomic mass is 16.3. The van der Waals surface area contributed by atoms with E-state index in [1.54, 1.807) is 10.9 Å². The van der Waals surface area contributed by atoms with Crippen molar-refractivity contribution in [3.8, 4) is 0 Å². The van der Waals surface area contributed by atoms with Gasteiger partial charge in [-0.15, -0.1) is 5.10 Å². The molecule has 0 aliphatic rings. The molecule has 2 atom stereocenters. The first-order chi connectivity index (χ1) is 6.67. The molecule has 0 saturated carbocycles. The molecular formula is C9H18N4O. The van der Waals surface area contributed by atoms with Crippen molar-refractivity contribution in [2.45, 2.75) is 39.5 Å². The third kappa shape index (κ3) is 2.78. The fourth-order valence-corrected chi connectivity index (χ4v) is 1.20. The molecule has 5 heteroatoms. The molecule has 0 bridgehead atoms. The van der Waals surface area contributed by atoms with Crippen LogP contribution in [0.3, 0.4) is 0 Å². The summed E-state index contributed by atoms with van der Waals surface area (Å²) in [6.45, 7) is 4.82. The van der Waals surface area contributed by atoms with Crippen LogP contribution in [0.1, 0.15) is 26.0 Å². The van der Waals surface area contributed by atoms with Crippen molar-refractivity contribution in [3.63, 3.8) is 0 Å². The number of nitrogens with zero attached hydrogens (tertiary/aromatic N) is 3. The summed E-state index contributed by atoms with van der Waals surface area (Å²) in [5.74, 6) is 0.469. The van der Waals surface area contributed by atoms with Crippen molar-refractivity contribution >= 4 is 0 Å². The highest BCUT2D eigenvalue weighted by Gasteiger charge is 2.12. The van der Waals surface area contributed by atoms with Gasteiger partial charge in [0.15, 0.2) is 0 Å². The van der Waals surface area contributed by atoms with E-state index >= 15 is 0 Å². The van der Waals surface area contributed by atoms with E-state index in [4.69, 9.17) is 10.8 Å².